The van der Waals surface area contributed by atoms with Crippen LogP contribution in [0.3, 0.4) is 0 Å². The van der Waals surface area contributed by atoms with Gasteiger partial charge < -0.3 is 29.3 Å². The molecule has 7 heteroatoms. The highest BCUT2D eigenvalue weighted by atomic mass is 16.7. The van der Waals surface area contributed by atoms with Crippen molar-refractivity contribution in [1.82, 2.24) is 4.90 Å². The molecular weight excluding hydrogens is 578 g/mol. The molecule has 2 saturated heterocycles. The second-order valence-electron chi connectivity index (χ2n) is 18.3. The van der Waals surface area contributed by atoms with E-state index < -0.39 is 11.7 Å². The van der Waals surface area contributed by atoms with Crippen LogP contribution in [0.1, 0.15) is 133 Å². The van der Waals surface area contributed by atoms with Crippen molar-refractivity contribution >= 4 is 5.91 Å². The Labute approximate surface area is 280 Å². The number of fused-ring (bicyclic) bond motifs is 4. The number of hydrogen-bond donors (Lipinski definition) is 2. The smallest absolute Gasteiger partial charge is 0.225 e. The van der Waals surface area contributed by atoms with Crippen LogP contribution in [0.15, 0.2) is 0 Å². The van der Waals surface area contributed by atoms with Gasteiger partial charge >= 0.3 is 0 Å². The van der Waals surface area contributed by atoms with Crippen LogP contribution in [0, 0.1) is 51.2 Å². The van der Waals surface area contributed by atoms with E-state index in [0.29, 0.717) is 59.6 Å². The van der Waals surface area contributed by atoms with E-state index in [4.69, 9.17) is 14.2 Å². The summed E-state index contributed by atoms with van der Waals surface area (Å²) < 4.78 is 19.7. The number of ether oxygens (including phenoxy) is 3. The Balaban J connectivity index is 0.00000126. The summed E-state index contributed by atoms with van der Waals surface area (Å²) >= 11 is 0. The van der Waals surface area contributed by atoms with Crippen molar-refractivity contribution in [3.05, 3.63) is 0 Å². The van der Waals surface area contributed by atoms with Gasteiger partial charge in [-0.25, -0.2) is 0 Å². The van der Waals surface area contributed by atoms with Gasteiger partial charge in [0.15, 0.2) is 6.29 Å². The molecule has 8 rings (SSSR count). The van der Waals surface area contributed by atoms with Crippen molar-refractivity contribution in [2.45, 2.75) is 168 Å². The van der Waals surface area contributed by atoms with Crippen molar-refractivity contribution in [3.8, 4) is 0 Å². The zero-order valence-electron chi connectivity index (χ0n) is 30.1. The molecular formula is C39H67NO6. The fourth-order valence-corrected chi connectivity index (χ4v) is 13.2. The predicted molar refractivity (Wildman–Crippen MR) is 180 cm³/mol. The molecule has 1 amide bonds. The highest BCUT2D eigenvalue weighted by Gasteiger charge is 2.80. The van der Waals surface area contributed by atoms with Crippen LogP contribution in [0.2, 0.25) is 0 Å². The molecule has 0 aromatic carbocycles. The lowest BCUT2D eigenvalue weighted by molar-refractivity contribution is -0.245. The molecule has 2 aliphatic heterocycles. The van der Waals surface area contributed by atoms with Crippen LogP contribution in [0.25, 0.3) is 0 Å². The maximum absolute atomic E-state index is 13.0. The number of hydrogen-bond acceptors (Lipinski definition) is 6. The van der Waals surface area contributed by atoms with E-state index in [2.05, 4.69) is 20.8 Å². The van der Waals surface area contributed by atoms with Crippen LogP contribution in [-0.4, -0.2) is 77.0 Å². The van der Waals surface area contributed by atoms with E-state index in [-0.39, 0.29) is 37.4 Å². The third-order valence-electron chi connectivity index (χ3n) is 15.8. The first kappa shape index (κ1) is 33.8. The van der Waals surface area contributed by atoms with Crippen LogP contribution < -0.4 is 0 Å². The fourth-order valence-electron chi connectivity index (χ4n) is 13.2. The molecule has 0 bridgehead atoms. The van der Waals surface area contributed by atoms with Crippen molar-refractivity contribution in [1.29, 1.82) is 0 Å². The van der Waals surface area contributed by atoms with Gasteiger partial charge in [-0.1, -0.05) is 41.0 Å². The molecule has 9 unspecified atom stereocenters. The molecule has 2 N–H and O–H groups in total. The van der Waals surface area contributed by atoms with Gasteiger partial charge in [-0.2, -0.15) is 0 Å². The highest BCUT2D eigenvalue weighted by Crippen LogP contribution is 2.87. The lowest BCUT2D eigenvalue weighted by Gasteiger charge is -2.60. The molecule has 12 atom stereocenters. The second-order valence-corrected chi connectivity index (χ2v) is 18.3. The van der Waals surface area contributed by atoms with Crippen LogP contribution in [0.5, 0.6) is 0 Å². The van der Waals surface area contributed by atoms with Gasteiger partial charge in [0.25, 0.3) is 0 Å². The SMILES string of the molecule is CC.CC12CC[C@@]34CC35CC[C@H](OC3CN(C(=O)C6CCC6)CCO3)C(C)(C)C5CCC4C1CC1OC([C@H](O)C(C)(C)O)CCC12.[HH]. The number of aliphatic hydroxyl groups excluding tert-OH is 1. The second kappa shape index (κ2) is 11.7. The molecule has 8 fully saturated rings. The standard InChI is InChI=1S/C37H59NO6.C2H6.H2/c1-33(2)28-12-10-23-25-19-27-24(9-11-26(43-27)31(39)34(3,4)41)35(25,5)15-16-36(23)21-37(28,36)14-13-29(33)44-30-20-38(17-18-42-30)32(40)22-7-6-8-22;1-2;/h22-31,39,41H,6-21H2,1-5H3;1-2H3;1H/t23?,24?,25?,26?,27?,28?,29-,30?,31-,35?,36-,37?;;/m0../s1. The minimum atomic E-state index is -1.14. The summed E-state index contributed by atoms with van der Waals surface area (Å²) in [7, 11) is 0. The normalized spacial score (nSPS) is 48.2. The summed E-state index contributed by atoms with van der Waals surface area (Å²) in [6.45, 7) is 16.8. The van der Waals surface area contributed by atoms with Crippen LogP contribution in [-0.2, 0) is 19.0 Å². The molecule has 8 aliphatic rings. The van der Waals surface area contributed by atoms with Gasteiger partial charge in [-0.3, -0.25) is 4.79 Å². The van der Waals surface area contributed by atoms with Crippen LogP contribution in [0.4, 0.5) is 0 Å². The Morgan fingerprint density at radius 2 is 1.70 bits per heavy atom. The lowest BCUT2D eigenvalue weighted by Crippen LogP contribution is -2.56. The van der Waals surface area contributed by atoms with Crippen molar-refractivity contribution in [2.75, 3.05) is 19.7 Å². The molecule has 7 nitrogen and oxygen atoms in total. The largest absolute Gasteiger partial charge is 0.388 e. The first-order chi connectivity index (χ1) is 21.8. The first-order valence-corrected chi connectivity index (χ1v) is 19.4. The molecule has 2 heterocycles. The summed E-state index contributed by atoms with van der Waals surface area (Å²) in [5.74, 6) is 3.29. The van der Waals surface area contributed by atoms with E-state index >= 15 is 0 Å². The summed E-state index contributed by atoms with van der Waals surface area (Å²) in [5, 5.41) is 21.3. The Morgan fingerprint density at radius 3 is 2.39 bits per heavy atom. The molecule has 6 aliphatic carbocycles. The van der Waals surface area contributed by atoms with Crippen molar-refractivity contribution in [3.63, 3.8) is 0 Å². The monoisotopic (exact) mass is 645 g/mol. The van der Waals surface area contributed by atoms with Gasteiger partial charge in [0.05, 0.1) is 37.1 Å². The van der Waals surface area contributed by atoms with E-state index in [1.807, 2.05) is 18.7 Å². The minimum absolute atomic E-state index is 0. The molecule has 0 aromatic heterocycles. The maximum Gasteiger partial charge on any atom is 0.225 e. The number of nitrogens with zero attached hydrogens (tertiary/aromatic N) is 1. The molecule has 6 saturated carbocycles. The molecule has 0 radical (unpaired) electrons. The number of aliphatic hydroxyl groups is 2. The van der Waals surface area contributed by atoms with E-state index in [1.165, 1.54) is 44.9 Å². The minimum Gasteiger partial charge on any atom is -0.388 e. The number of carbonyl (C=O) groups is 1. The third-order valence-corrected chi connectivity index (χ3v) is 15.8. The number of rotatable bonds is 5. The van der Waals surface area contributed by atoms with Crippen molar-refractivity contribution in [2.24, 2.45) is 51.2 Å². The molecule has 0 aromatic rings. The molecule has 2 spiro atoms. The van der Waals surface area contributed by atoms with E-state index in [9.17, 15) is 15.0 Å². The Hall–Kier alpha value is -0.730. The Bertz CT molecular complexity index is 1150. The number of amides is 1. The number of morpholine rings is 1. The molecule has 46 heavy (non-hydrogen) atoms. The Morgan fingerprint density at radius 1 is 0.957 bits per heavy atom. The summed E-state index contributed by atoms with van der Waals surface area (Å²) in [5.41, 5.74) is 0.216. The summed E-state index contributed by atoms with van der Waals surface area (Å²) in [4.78, 5) is 15.0. The van der Waals surface area contributed by atoms with Gasteiger partial charge in [0.2, 0.25) is 5.91 Å². The average Bonchev–Trinajstić information content (AvgIpc) is 3.57. The fraction of sp³-hybridized carbons (Fsp3) is 0.974. The zero-order chi connectivity index (χ0) is 32.9. The van der Waals surface area contributed by atoms with E-state index in [0.717, 1.165) is 44.4 Å². The van der Waals surface area contributed by atoms with Gasteiger partial charge in [0, 0.05) is 13.9 Å². The van der Waals surface area contributed by atoms with Gasteiger partial charge in [-0.05, 0) is 136 Å². The number of carbonyl (C=O) groups excluding carboxylic acids is 1. The maximum atomic E-state index is 13.0. The van der Waals surface area contributed by atoms with Gasteiger partial charge in [-0.15, -0.1) is 0 Å². The zero-order valence-corrected chi connectivity index (χ0v) is 30.1. The molecule has 264 valence electrons. The highest BCUT2D eigenvalue weighted by molar-refractivity contribution is 5.79. The van der Waals surface area contributed by atoms with E-state index in [1.54, 1.807) is 13.8 Å². The Kier molecular flexibility index (Phi) is 8.56. The third kappa shape index (κ3) is 4.93. The van der Waals surface area contributed by atoms with Gasteiger partial charge in [0.1, 0.15) is 6.10 Å². The van der Waals surface area contributed by atoms with Crippen molar-refractivity contribution < 1.29 is 30.6 Å². The summed E-state index contributed by atoms with van der Waals surface area (Å²) in [6, 6.07) is 0. The predicted octanol–water partition coefficient (Wildman–Crippen LogP) is 6.97. The average molecular weight is 646 g/mol. The summed E-state index contributed by atoms with van der Waals surface area (Å²) in [6.07, 6.45) is 14.4. The topological polar surface area (TPSA) is 88.5 Å². The first-order valence-electron chi connectivity index (χ1n) is 19.4. The van der Waals surface area contributed by atoms with Crippen LogP contribution >= 0.6 is 0 Å². The quantitative estimate of drug-likeness (QED) is 0.336. The lowest BCUT2D eigenvalue weighted by atomic mass is 9.46.